The van der Waals surface area contributed by atoms with Crippen molar-refractivity contribution in [2.24, 2.45) is 0 Å². The minimum Gasteiger partial charge on any atom is -0.0956 e. The van der Waals surface area contributed by atoms with Gasteiger partial charge in [0.2, 0.25) is 0 Å². The van der Waals surface area contributed by atoms with Gasteiger partial charge in [-0.05, 0) is 12.8 Å². The molecule has 0 aromatic heterocycles. The fourth-order valence-electron chi connectivity index (χ4n) is 0.729. The van der Waals surface area contributed by atoms with Crippen LogP contribution in [0.3, 0.4) is 0 Å². The molecule has 0 amide bonds. The Morgan fingerprint density at radius 2 is 1.67 bits per heavy atom. The predicted octanol–water partition coefficient (Wildman–Crippen LogP) is 3.31. The summed E-state index contributed by atoms with van der Waals surface area (Å²) >= 11 is 0. The first-order valence-electron chi connectivity index (χ1n) is 3.58. The van der Waals surface area contributed by atoms with Gasteiger partial charge in [-0.2, -0.15) is 0 Å². The smallest absolute Gasteiger partial charge is 0.0285 e. The highest BCUT2D eigenvalue weighted by molar-refractivity contribution is 5.24. The van der Waals surface area contributed by atoms with Gasteiger partial charge in [0.1, 0.15) is 0 Å². The number of hydrogen-bond donors (Lipinski definition) is 0. The van der Waals surface area contributed by atoms with Crippen molar-refractivity contribution in [2.75, 3.05) is 0 Å². The Morgan fingerprint density at radius 1 is 1.11 bits per heavy atom. The van der Waals surface area contributed by atoms with E-state index in [4.69, 9.17) is 0 Å². The van der Waals surface area contributed by atoms with E-state index in [9.17, 15) is 0 Å². The molecule has 0 atom stereocenters. The van der Waals surface area contributed by atoms with Crippen molar-refractivity contribution >= 4 is 0 Å². The zero-order valence-corrected chi connectivity index (χ0v) is 6.54. The number of allylic oxidation sites excluding steroid dienone is 2. The van der Waals surface area contributed by atoms with E-state index in [1.165, 1.54) is 17.6 Å². The first kappa shape index (κ1) is 8.48. The molecule has 0 radical (unpaired) electrons. The quantitative estimate of drug-likeness (QED) is 0.504. The van der Waals surface area contributed by atoms with Crippen molar-refractivity contribution in [3.05, 3.63) is 24.3 Å². The number of hydrogen-bond acceptors (Lipinski definition) is 0. The molecular formula is C9H16. The summed E-state index contributed by atoms with van der Waals surface area (Å²) in [5.74, 6) is 0. The summed E-state index contributed by atoms with van der Waals surface area (Å²) in [5, 5.41) is 0. The molecule has 0 heterocycles. The third-order valence-corrected chi connectivity index (χ3v) is 1.48. The molecule has 0 saturated carbocycles. The lowest BCUT2D eigenvalue weighted by Crippen LogP contribution is -1.83. The van der Waals surface area contributed by atoms with Crippen LogP contribution >= 0.6 is 0 Å². The van der Waals surface area contributed by atoms with Gasteiger partial charge in [0.15, 0.2) is 0 Å². The van der Waals surface area contributed by atoms with E-state index < -0.39 is 0 Å². The SMILES string of the molecule is C=C(CC)C(=C)CCC. The molecule has 9 heavy (non-hydrogen) atoms. The zero-order valence-electron chi connectivity index (χ0n) is 6.54. The number of rotatable bonds is 4. The maximum Gasteiger partial charge on any atom is -0.0285 e. The normalized spacial score (nSPS) is 9.11. The molecule has 0 aromatic carbocycles. The van der Waals surface area contributed by atoms with E-state index in [-0.39, 0.29) is 0 Å². The van der Waals surface area contributed by atoms with Gasteiger partial charge in [0.05, 0.1) is 0 Å². The van der Waals surface area contributed by atoms with Crippen LogP contribution in [0, 0.1) is 0 Å². The van der Waals surface area contributed by atoms with Crippen LogP contribution in [-0.2, 0) is 0 Å². The molecule has 0 heteroatoms. The first-order chi connectivity index (χ1) is 4.22. The van der Waals surface area contributed by atoms with Crippen LogP contribution < -0.4 is 0 Å². The second kappa shape index (κ2) is 4.37. The molecule has 52 valence electrons. The summed E-state index contributed by atoms with van der Waals surface area (Å²) in [4.78, 5) is 0. The van der Waals surface area contributed by atoms with Crippen molar-refractivity contribution in [3.8, 4) is 0 Å². The average molecular weight is 124 g/mol. The molecule has 0 bridgehead atoms. The molecular weight excluding hydrogens is 108 g/mol. The minimum absolute atomic E-state index is 1.04. The van der Waals surface area contributed by atoms with Crippen molar-refractivity contribution in [3.63, 3.8) is 0 Å². The molecule has 0 nitrogen and oxygen atoms in total. The molecule has 0 N–H and O–H groups in total. The Kier molecular flexibility index (Phi) is 4.12. The predicted molar refractivity (Wildman–Crippen MR) is 43.5 cm³/mol. The van der Waals surface area contributed by atoms with E-state index >= 15 is 0 Å². The Bertz CT molecular complexity index is 109. The molecule has 0 aliphatic rings. The summed E-state index contributed by atoms with van der Waals surface area (Å²) in [6.07, 6.45) is 3.32. The Morgan fingerprint density at radius 3 is 2.00 bits per heavy atom. The second-order valence-corrected chi connectivity index (χ2v) is 2.31. The molecule has 0 aliphatic heterocycles. The Balaban J connectivity index is 3.60. The topological polar surface area (TPSA) is 0 Å². The summed E-state index contributed by atoms with van der Waals surface area (Å²) in [6, 6.07) is 0. The van der Waals surface area contributed by atoms with Gasteiger partial charge in [-0.1, -0.05) is 44.6 Å². The van der Waals surface area contributed by atoms with Crippen molar-refractivity contribution in [2.45, 2.75) is 33.1 Å². The zero-order chi connectivity index (χ0) is 7.28. The van der Waals surface area contributed by atoms with Crippen LogP contribution in [0.5, 0.6) is 0 Å². The van der Waals surface area contributed by atoms with Gasteiger partial charge in [0.25, 0.3) is 0 Å². The van der Waals surface area contributed by atoms with E-state index in [1.54, 1.807) is 0 Å². The van der Waals surface area contributed by atoms with Crippen molar-refractivity contribution < 1.29 is 0 Å². The maximum atomic E-state index is 3.92. The maximum absolute atomic E-state index is 3.92. The van der Waals surface area contributed by atoms with E-state index in [0.29, 0.717) is 0 Å². The van der Waals surface area contributed by atoms with E-state index in [0.717, 1.165) is 12.8 Å². The third-order valence-electron chi connectivity index (χ3n) is 1.48. The lowest BCUT2D eigenvalue weighted by Gasteiger charge is -2.03. The second-order valence-electron chi connectivity index (χ2n) is 2.31. The summed E-state index contributed by atoms with van der Waals surface area (Å²) < 4.78 is 0. The van der Waals surface area contributed by atoms with Crippen LogP contribution in [0.2, 0.25) is 0 Å². The van der Waals surface area contributed by atoms with Crippen LogP contribution in [-0.4, -0.2) is 0 Å². The minimum atomic E-state index is 1.04. The third kappa shape index (κ3) is 3.12. The molecule has 0 spiro atoms. The average Bonchev–Trinajstić information content (AvgIpc) is 1.87. The first-order valence-corrected chi connectivity index (χ1v) is 3.58. The fourth-order valence-corrected chi connectivity index (χ4v) is 0.729. The Hall–Kier alpha value is -0.520. The van der Waals surface area contributed by atoms with Gasteiger partial charge in [-0.15, -0.1) is 0 Å². The van der Waals surface area contributed by atoms with E-state index in [2.05, 4.69) is 27.0 Å². The fraction of sp³-hybridized carbons (Fsp3) is 0.556. The summed E-state index contributed by atoms with van der Waals surface area (Å²) in [7, 11) is 0. The van der Waals surface area contributed by atoms with Gasteiger partial charge < -0.3 is 0 Å². The summed E-state index contributed by atoms with van der Waals surface area (Å²) in [5.41, 5.74) is 2.43. The van der Waals surface area contributed by atoms with Crippen LogP contribution in [0.4, 0.5) is 0 Å². The van der Waals surface area contributed by atoms with E-state index in [1.807, 2.05) is 0 Å². The molecule has 0 fully saturated rings. The largest absolute Gasteiger partial charge is 0.0956 e. The van der Waals surface area contributed by atoms with Crippen LogP contribution in [0.15, 0.2) is 24.3 Å². The van der Waals surface area contributed by atoms with Crippen LogP contribution in [0.1, 0.15) is 33.1 Å². The Labute approximate surface area is 58.3 Å². The van der Waals surface area contributed by atoms with Crippen molar-refractivity contribution in [1.29, 1.82) is 0 Å². The highest BCUT2D eigenvalue weighted by Gasteiger charge is 1.93. The lowest BCUT2D eigenvalue weighted by molar-refractivity contribution is 0.900. The highest BCUT2D eigenvalue weighted by Crippen LogP contribution is 2.13. The molecule has 0 rings (SSSR count). The molecule has 0 saturated heterocycles. The molecule has 0 unspecified atom stereocenters. The lowest BCUT2D eigenvalue weighted by atomic mass is 10.0. The van der Waals surface area contributed by atoms with Gasteiger partial charge in [0, 0.05) is 0 Å². The molecule has 0 aliphatic carbocycles. The summed E-state index contributed by atoms with van der Waals surface area (Å²) in [6.45, 7) is 12.1. The van der Waals surface area contributed by atoms with Gasteiger partial charge >= 0.3 is 0 Å². The van der Waals surface area contributed by atoms with Crippen molar-refractivity contribution in [1.82, 2.24) is 0 Å². The monoisotopic (exact) mass is 124 g/mol. The van der Waals surface area contributed by atoms with Crippen LogP contribution in [0.25, 0.3) is 0 Å². The standard InChI is InChI=1S/C9H16/c1-5-7-9(4)8(3)6-2/h3-7H2,1-2H3. The van der Waals surface area contributed by atoms with Gasteiger partial charge in [-0.3, -0.25) is 0 Å². The molecule has 0 aromatic rings. The van der Waals surface area contributed by atoms with Gasteiger partial charge in [-0.25, -0.2) is 0 Å². The highest BCUT2D eigenvalue weighted by atomic mass is 14.0.